The summed E-state index contributed by atoms with van der Waals surface area (Å²) < 4.78 is 5.39. The van der Waals surface area contributed by atoms with E-state index in [0.717, 1.165) is 18.7 Å². The van der Waals surface area contributed by atoms with Gasteiger partial charge in [0.2, 0.25) is 0 Å². The number of hydrogen-bond donors (Lipinski definition) is 3. The Morgan fingerprint density at radius 3 is 2.68 bits per heavy atom. The van der Waals surface area contributed by atoms with Crippen LogP contribution >= 0.6 is 0 Å². The summed E-state index contributed by atoms with van der Waals surface area (Å²) in [6.45, 7) is 5.83. The first kappa shape index (κ1) is 16.0. The quantitative estimate of drug-likeness (QED) is 0.620. The minimum absolute atomic E-state index is 0.0131. The van der Waals surface area contributed by atoms with Gasteiger partial charge < -0.3 is 20.9 Å². The summed E-state index contributed by atoms with van der Waals surface area (Å²) in [5.41, 5.74) is 8.16. The highest BCUT2D eigenvalue weighted by atomic mass is 16.5. The number of aliphatic hydroxyl groups is 1. The molecule has 1 unspecified atom stereocenters. The summed E-state index contributed by atoms with van der Waals surface area (Å²) >= 11 is 0. The van der Waals surface area contributed by atoms with Crippen LogP contribution in [-0.2, 0) is 6.42 Å². The molecule has 0 saturated carbocycles. The Morgan fingerprint density at radius 2 is 2.11 bits per heavy atom. The zero-order valence-electron chi connectivity index (χ0n) is 12.1. The Balaban J connectivity index is 2.57. The number of aliphatic hydroxyl groups excluding tert-OH is 1. The average molecular weight is 266 g/mol. The number of nitrogens with two attached hydrogens (primary N) is 1. The number of methoxy groups -OCH3 is 1. The van der Waals surface area contributed by atoms with Crippen molar-refractivity contribution in [2.24, 2.45) is 5.73 Å². The van der Waals surface area contributed by atoms with E-state index < -0.39 is 0 Å². The van der Waals surface area contributed by atoms with Gasteiger partial charge in [-0.2, -0.15) is 0 Å². The maximum Gasteiger partial charge on any atom is 0.122 e. The monoisotopic (exact) mass is 266 g/mol. The molecule has 1 aromatic carbocycles. The van der Waals surface area contributed by atoms with Crippen LogP contribution in [0.3, 0.4) is 0 Å². The molecule has 1 rings (SSSR count). The molecule has 0 heterocycles. The maximum absolute atomic E-state index is 8.85. The number of benzene rings is 1. The Morgan fingerprint density at radius 1 is 1.37 bits per heavy atom. The van der Waals surface area contributed by atoms with Gasteiger partial charge in [-0.25, -0.2) is 0 Å². The van der Waals surface area contributed by atoms with Gasteiger partial charge in [0.15, 0.2) is 0 Å². The van der Waals surface area contributed by atoms with Crippen molar-refractivity contribution in [2.75, 3.05) is 26.8 Å². The summed E-state index contributed by atoms with van der Waals surface area (Å²) in [5, 5.41) is 12.1. The van der Waals surface area contributed by atoms with Gasteiger partial charge in [0.1, 0.15) is 5.75 Å². The van der Waals surface area contributed by atoms with Crippen LogP contribution < -0.4 is 15.8 Å². The van der Waals surface area contributed by atoms with Crippen molar-refractivity contribution in [3.8, 4) is 5.75 Å². The SMILES string of the molecule is COc1ccc(C(C)C)cc1CCNCC(N)CO. The van der Waals surface area contributed by atoms with Gasteiger partial charge in [-0.15, -0.1) is 0 Å². The summed E-state index contributed by atoms with van der Waals surface area (Å²) in [5.74, 6) is 1.44. The molecule has 1 aromatic rings. The predicted molar refractivity (Wildman–Crippen MR) is 78.7 cm³/mol. The number of ether oxygens (including phenoxy) is 1. The van der Waals surface area contributed by atoms with Crippen molar-refractivity contribution < 1.29 is 9.84 Å². The molecule has 0 aliphatic heterocycles. The highest BCUT2D eigenvalue weighted by Gasteiger charge is 2.07. The van der Waals surface area contributed by atoms with Crippen LogP contribution in [-0.4, -0.2) is 38.0 Å². The second-order valence-corrected chi connectivity index (χ2v) is 5.12. The van der Waals surface area contributed by atoms with E-state index in [2.05, 4.69) is 31.3 Å². The van der Waals surface area contributed by atoms with E-state index in [4.69, 9.17) is 15.6 Å². The van der Waals surface area contributed by atoms with Crippen LogP contribution in [0.1, 0.15) is 30.9 Å². The molecular weight excluding hydrogens is 240 g/mol. The van der Waals surface area contributed by atoms with Gasteiger partial charge in [0.05, 0.1) is 13.7 Å². The van der Waals surface area contributed by atoms with Gasteiger partial charge >= 0.3 is 0 Å². The van der Waals surface area contributed by atoms with Crippen molar-refractivity contribution in [1.29, 1.82) is 0 Å². The maximum atomic E-state index is 8.85. The highest BCUT2D eigenvalue weighted by molar-refractivity contribution is 5.38. The molecule has 0 aromatic heterocycles. The van der Waals surface area contributed by atoms with Crippen LogP contribution in [0, 0.1) is 0 Å². The van der Waals surface area contributed by atoms with Crippen LogP contribution in [0.4, 0.5) is 0 Å². The molecule has 0 bridgehead atoms. The van der Waals surface area contributed by atoms with Crippen molar-refractivity contribution >= 4 is 0 Å². The van der Waals surface area contributed by atoms with Crippen molar-refractivity contribution in [1.82, 2.24) is 5.32 Å². The smallest absolute Gasteiger partial charge is 0.122 e. The van der Waals surface area contributed by atoms with Gasteiger partial charge in [0, 0.05) is 12.6 Å². The third kappa shape index (κ3) is 5.19. The van der Waals surface area contributed by atoms with Crippen molar-refractivity contribution in [3.63, 3.8) is 0 Å². The molecule has 4 N–H and O–H groups in total. The van der Waals surface area contributed by atoms with E-state index in [1.807, 2.05) is 6.07 Å². The van der Waals surface area contributed by atoms with Crippen molar-refractivity contribution in [2.45, 2.75) is 32.2 Å². The normalized spacial score (nSPS) is 12.7. The molecule has 0 radical (unpaired) electrons. The summed E-state index contributed by atoms with van der Waals surface area (Å²) in [6.07, 6.45) is 0.891. The van der Waals surface area contributed by atoms with E-state index in [0.29, 0.717) is 12.5 Å². The molecule has 19 heavy (non-hydrogen) atoms. The minimum atomic E-state index is -0.191. The van der Waals surface area contributed by atoms with Gasteiger partial charge in [0.25, 0.3) is 0 Å². The molecule has 0 aliphatic rings. The second-order valence-electron chi connectivity index (χ2n) is 5.12. The number of hydrogen-bond acceptors (Lipinski definition) is 4. The van der Waals surface area contributed by atoms with Gasteiger partial charge in [-0.05, 0) is 36.1 Å². The largest absolute Gasteiger partial charge is 0.496 e. The van der Waals surface area contributed by atoms with Crippen molar-refractivity contribution in [3.05, 3.63) is 29.3 Å². The zero-order valence-corrected chi connectivity index (χ0v) is 12.1. The Bertz CT molecular complexity index is 380. The van der Waals surface area contributed by atoms with Gasteiger partial charge in [-0.1, -0.05) is 26.0 Å². The average Bonchev–Trinajstić information content (AvgIpc) is 2.42. The van der Waals surface area contributed by atoms with E-state index >= 15 is 0 Å². The molecule has 0 saturated heterocycles. The lowest BCUT2D eigenvalue weighted by Crippen LogP contribution is -2.37. The number of nitrogens with one attached hydrogen (secondary N) is 1. The fraction of sp³-hybridized carbons (Fsp3) is 0.600. The standard InChI is InChI=1S/C15H26N2O2/c1-11(2)12-4-5-15(19-3)13(8-12)6-7-17-9-14(16)10-18/h4-5,8,11,14,17-18H,6-7,9-10,16H2,1-3H3. The third-order valence-corrected chi connectivity index (χ3v) is 3.18. The third-order valence-electron chi connectivity index (χ3n) is 3.18. The second kappa shape index (κ2) is 8.15. The minimum Gasteiger partial charge on any atom is -0.496 e. The van der Waals surface area contributed by atoms with Crippen LogP contribution in [0.25, 0.3) is 0 Å². The fourth-order valence-electron chi connectivity index (χ4n) is 1.93. The Kier molecular flexibility index (Phi) is 6.84. The molecule has 0 aliphatic carbocycles. The fourth-order valence-corrected chi connectivity index (χ4v) is 1.93. The molecule has 4 heteroatoms. The first-order chi connectivity index (χ1) is 9.08. The number of rotatable bonds is 8. The molecule has 0 amide bonds. The molecule has 0 spiro atoms. The molecular formula is C15H26N2O2. The highest BCUT2D eigenvalue weighted by Crippen LogP contribution is 2.24. The first-order valence-electron chi connectivity index (χ1n) is 6.82. The first-order valence-corrected chi connectivity index (χ1v) is 6.82. The molecule has 1 atom stereocenters. The lowest BCUT2D eigenvalue weighted by atomic mass is 9.99. The topological polar surface area (TPSA) is 67.5 Å². The molecule has 0 fully saturated rings. The van der Waals surface area contributed by atoms with E-state index in [1.54, 1.807) is 7.11 Å². The molecule has 4 nitrogen and oxygen atoms in total. The van der Waals surface area contributed by atoms with Gasteiger partial charge in [-0.3, -0.25) is 0 Å². The van der Waals surface area contributed by atoms with E-state index in [-0.39, 0.29) is 12.6 Å². The lowest BCUT2D eigenvalue weighted by Gasteiger charge is -2.14. The van der Waals surface area contributed by atoms with Crippen LogP contribution in [0.5, 0.6) is 5.75 Å². The Hall–Kier alpha value is -1.10. The van der Waals surface area contributed by atoms with E-state index in [9.17, 15) is 0 Å². The predicted octanol–water partition coefficient (Wildman–Crippen LogP) is 1.27. The van der Waals surface area contributed by atoms with Crippen LogP contribution in [0.2, 0.25) is 0 Å². The van der Waals surface area contributed by atoms with Crippen LogP contribution in [0.15, 0.2) is 18.2 Å². The zero-order chi connectivity index (χ0) is 14.3. The summed E-state index contributed by atoms with van der Waals surface area (Å²) in [7, 11) is 1.70. The summed E-state index contributed by atoms with van der Waals surface area (Å²) in [6, 6.07) is 6.16. The Labute approximate surface area is 116 Å². The summed E-state index contributed by atoms with van der Waals surface area (Å²) in [4.78, 5) is 0. The van der Waals surface area contributed by atoms with E-state index in [1.165, 1.54) is 11.1 Å². The molecule has 108 valence electrons. The lowest BCUT2D eigenvalue weighted by molar-refractivity contribution is 0.262.